The van der Waals surface area contributed by atoms with Crippen LogP contribution in [0, 0.1) is 0 Å². The minimum absolute atomic E-state index is 0.291. The second kappa shape index (κ2) is 6.48. The Hall–Kier alpha value is 0.0669. The fraction of sp³-hybridized carbons (Fsp3) is 1.00. The van der Waals surface area contributed by atoms with Gasteiger partial charge in [0.1, 0.15) is 6.17 Å². The Morgan fingerprint density at radius 3 is 2.28 bits per heavy atom. The van der Waals surface area contributed by atoms with Gasteiger partial charge < -0.3 is 9.33 Å². The summed E-state index contributed by atoms with van der Waals surface area (Å²) in [6.45, 7) is 15.1. The third-order valence-corrected chi connectivity index (χ3v) is 8.94. The van der Waals surface area contributed by atoms with Crippen molar-refractivity contribution in [1.82, 2.24) is 4.90 Å². The lowest BCUT2D eigenvalue weighted by Crippen LogP contribution is -2.41. The van der Waals surface area contributed by atoms with Gasteiger partial charge in [0.25, 0.3) is 0 Å². The van der Waals surface area contributed by atoms with Crippen LogP contribution in [0.1, 0.15) is 40.0 Å². The highest BCUT2D eigenvalue weighted by atomic mass is 28.4. The summed E-state index contributed by atoms with van der Waals surface area (Å²) >= 11 is 0. The molecule has 0 spiro atoms. The fourth-order valence-electron chi connectivity index (χ4n) is 1.96. The summed E-state index contributed by atoms with van der Waals surface area (Å²) in [4.78, 5) is 2.37. The molecule has 0 aromatic carbocycles. The summed E-state index contributed by atoms with van der Waals surface area (Å²) in [5.74, 6) is 0. The standard InChI is InChI=1S/C14H30FNOSi/c1-14(2,3)18(4,5)17-12-6-9-16-10-7-13(15)8-11-16/h13H,6-12H2,1-5H3. The van der Waals surface area contributed by atoms with E-state index in [0.29, 0.717) is 17.9 Å². The summed E-state index contributed by atoms with van der Waals surface area (Å²) < 4.78 is 19.1. The Kier molecular flexibility index (Phi) is 5.81. The Morgan fingerprint density at radius 1 is 1.22 bits per heavy atom. The van der Waals surface area contributed by atoms with Gasteiger partial charge in [-0.1, -0.05) is 20.8 Å². The first-order valence-corrected chi connectivity index (χ1v) is 10.1. The molecule has 4 heteroatoms. The van der Waals surface area contributed by atoms with Gasteiger partial charge in [-0.2, -0.15) is 0 Å². The molecule has 0 atom stereocenters. The van der Waals surface area contributed by atoms with Gasteiger partial charge in [-0.05, 0) is 37.4 Å². The van der Waals surface area contributed by atoms with Crippen LogP contribution in [0.3, 0.4) is 0 Å². The van der Waals surface area contributed by atoms with Crippen LogP contribution in [0.15, 0.2) is 0 Å². The first kappa shape index (κ1) is 16.1. The molecular formula is C14H30FNOSi. The van der Waals surface area contributed by atoms with E-state index in [1.165, 1.54) is 0 Å². The zero-order valence-corrected chi connectivity index (χ0v) is 13.8. The molecule has 0 radical (unpaired) electrons. The van der Waals surface area contributed by atoms with E-state index in [9.17, 15) is 4.39 Å². The lowest BCUT2D eigenvalue weighted by atomic mass is 10.1. The van der Waals surface area contributed by atoms with E-state index in [-0.39, 0.29) is 0 Å². The van der Waals surface area contributed by atoms with Crippen molar-refractivity contribution in [2.24, 2.45) is 0 Å². The zero-order chi connectivity index (χ0) is 13.8. The predicted octanol–water partition coefficient (Wildman–Crippen LogP) is 3.83. The summed E-state index contributed by atoms with van der Waals surface area (Å²) in [7, 11) is -1.58. The quantitative estimate of drug-likeness (QED) is 0.558. The molecule has 0 aliphatic carbocycles. The van der Waals surface area contributed by atoms with Crippen LogP contribution in [-0.4, -0.2) is 45.6 Å². The Labute approximate surface area is 113 Å². The summed E-state index contributed by atoms with van der Waals surface area (Å²) in [5.41, 5.74) is 0. The van der Waals surface area contributed by atoms with Crippen molar-refractivity contribution in [1.29, 1.82) is 0 Å². The summed E-state index contributed by atoms with van der Waals surface area (Å²) in [6.07, 6.45) is 1.93. The fourth-order valence-corrected chi connectivity index (χ4v) is 3.04. The van der Waals surface area contributed by atoms with Crippen molar-refractivity contribution in [3.05, 3.63) is 0 Å². The number of alkyl halides is 1. The first-order valence-electron chi connectivity index (χ1n) is 7.23. The van der Waals surface area contributed by atoms with Gasteiger partial charge in [0.05, 0.1) is 0 Å². The predicted molar refractivity (Wildman–Crippen MR) is 78.3 cm³/mol. The van der Waals surface area contributed by atoms with E-state index >= 15 is 0 Å². The molecule has 1 saturated heterocycles. The normalized spacial score (nSPS) is 20.3. The van der Waals surface area contributed by atoms with Gasteiger partial charge in [-0.3, -0.25) is 0 Å². The van der Waals surface area contributed by atoms with Crippen LogP contribution in [0.4, 0.5) is 4.39 Å². The molecule has 0 unspecified atom stereocenters. The lowest BCUT2D eigenvalue weighted by molar-refractivity contribution is 0.142. The van der Waals surface area contributed by atoms with Gasteiger partial charge in [0, 0.05) is 26.2 Å². The maximum Gasteiger partial charge on any atom is 0.191 e. The number of likely N-dealkylation sites (tertiary alicyclic amines) is 1. The summed E-state index contributed by atoms with van der Waals surface area (Å²) in [5, 5.41) is 0.291. The molecule has 0 amide bonds. The van der Waals surface area contributed by atoms with E-state index in [4.69, 9.17) is 4.43 Å². The number of hydrogen-bond acceptors (Lipinski definition) is 2. The van der Waals surface area contributed by atoms with Crippen molar-refractivity contribution < 1.29 is 8.82 Å². The maximum absolute atomic E-state index is 13.0. The number of piperidine rings is 1. The van der Waals surface area contributed by atoms with Crippen molar-refractivity contribution in [2.75, 3.05) is 26.2 Å². The number of halogens is 1. The summed E-state index contributed by atoms with van der Waals surface area (Å²) in [6, 6.07) is 0. The monoisotopic (exact) mass is 275 g/mol. The lowest BCUT2D eigenvalue weighted by Gasteiger charge is -2.36. The molecule has 108 valence electrons. The number of hydrogen-bond donors (Lipinski definition) is 0. The second-order valence-corrected chi connectivity index (χ2v) is 11.8. The topological polar surface area (TPSA) is 12.5 Å². The second-order valence-electron chi connectivity index (χ2n) is 6.98. The Bertz CT molecular complexity index is 245. The van der Waals surface area contributed by atoms with Crippen LogP contribution in [0.25, 0.3) is 0 Å². The van der Waals surface area contributed by atoms with Crippen LogP contribution in [0.2, 0.25) is 18.1 Å². The van der Waals surface area contributed by atoms with E-state index in [2.05, 4.69) is 38.8 Å². The van der Waals surface area contributed by atoms with Gasteiger partial charge in [-0.15, -0.1) is 0 Å². The molecule has 2 nitrogen and oxygen atoms in total. The molecular weight excluding hydrogens is 245 g/mol. The first-order chi connectivity index (χ1) is 8.22. The van der Waals surface area contributed by atoms with Crippen LogP contribution < -0.4 is 0 Å². The Balaban J connectivity index is 2.15. The molecule has 0 saturated carbocycles. The van der Waals surface area contributed by atoms with Crippen molar-refractivity contribution in [2.45, 2.75) is 64.3 Å². The number of nitrogens with zero attached hydrogens (tertiary/aromatic N) is 1. The highest BCUT2D eigenvalue weighted by Gasteiger charge is 2.36. The average Bonchev–Trinajstić information content (AvgIpc) is 2.25. The third kappa shape index (κ3) is 4.98. The van der Waals surface area contributed by atoms with E-state index in [1.807, 2.05) is 0 Å². The minimum Gasteiger partial charge on any atom is -0.417 e. The molecule has 0 N–H and O–H groups in total. The molecule has 1 aliphatic heterocycles. The van der Waals surface area contributed by atoms with Crippen LogP contribution >= 0.6 is 0 Å². The van der Waals surface area contributed by atoms with E-state index in [0.717, 1.165) is 32.7 Å². The van der Waals surface area contributed by atoms with E-state index < -0.39 is 14.5 Å². The molecule has 1 fully saturated rings. The smallest absolute Gasteiger partial charge is 0.191 e. The molecule has 0 aromatic rings. The molecule has 1 aliphatic rings. The molecule has 0 aromatic heterocycles. The minimum atomic E-state index is -1.58. The van der Waals surface area contributed by atoms with Crippen LogP contribution in [0.5, 0.6) is 0 Å². The van der Waals surface area contributed by atoms with Gasteiger partial charge in [-0.25, -0.2) is 4.39 Å². The van der Waals surface area contributed by atoms with E-state index in [1.54, 1.807) is 0 Å². The number of rotatable bonds is 5. The van der Waals surface area contributed by atoms with Gasteiger partial charge in [0.2, 0.25) is 0 Å². The largest absolute Gasteiger partial charge is 0.417 e. The van der Waals surface area contributed by atoms with Gasteiger partial charge in [0.15, 0.2) is 8.32 Å². The SMILES string of the molecule is CC(C)(C)[Si](C)(C)OCCCN1CCC(F)CC1. The van der Waals surface area contributed by atoms with Crippen molar-refractivity contribution in [3.8, 4) is 0 Å². The highest BCUT2D eigenvalue weighted by Crippen LogP contribution is 2.36. The molecule has 18 heavy (non-hydrogen) atoms. The molecule has 0 bridgehead atoms. The molecule has 1 rings (SSSR count). The molecule has 1 heterocycles. The maximum atomic E-state index is 13.0. The third-order valence-electron chi connectivity index (χ3n) is 4.40. The van der Waals surface area contributed by atoms with Gasteiger partial charge >= 0.3 is 0 Å². The average molecular weight is 275 g/mol. The van der Waals surface area contributed by atoms with Crippen molar-refractivity contribution >= 4 is 8.32 Å². The Morgan fingerprint density at radius 2 is 1.78 bits per heavy atom. The van der Waals surface area contributed by atoms with Crippen LogP contribution in [-0.2, 0) is 4.43 Å². The highest BCUT2D eigenvalue weighted by molar-refractivity contribution is 6.74. The van der Waals surface area contributed by atoms with Crippen molar-refractivity contribution in [3.63, 3.8) is 0 Å². The zero-order valence-electron chi connectivity index (χ0n) is 12.8.